The van der Waals surface area contributed by atoms with Crippen LogP contribution in [0, 0.1) is 0 Å². The van der Waals surface area contributed by atoms with Gasteiger partial charge in [0.05, 0.1) is 0 Å². The molecule has 182 valence electrons. The lowest BCUT2D eigenvalue weighted by Crippen LogP contribution is -2.49. The Kier molecular flexibility index (Phi) is 7.27. The van der Waals surface area contributed by atoms with Gasteiger partial charge in [-0.2, -0.15) is 0 Å². The molecule has 1 heterocycles. The molecule has 2 atom stereocenters. The number of benzene rings is 4. The maximum Gasteiger partial charge on any atom is 0.318 e. The first-order valence-corrected chi connectivity index (χ1v) is 12.6. The Morgan fingerprint density at radius 2 is 1.47 bits per heavy atom. The first-order chi connectivity index (χ1) is 17.7. The van der Waals surface area contributed by atoms with Crippen molar-refractivity contribution in [3.63, 3.8) is 0 Å². The molecule has 4 aromatic rings. The molecule has 0 bridgehead atoms. The smallest absolute Gasteiger partial charge is 0.318 e. The van der Waals surface area contributed by atoms with Gasteiger partial charge in [-0.1, -0.05) is 103 Å². The predicted molar refractivity (Wildman–Crippen MR) is 144 cm³/mol. The molecular formula is C31H31N3O2. The van der Waals surface area contributed by atoms with Gasteiger partial charge in [0.2, 0.25) is 5.91 Å². The van der Waals surface area contributed by atoms with Crippen LogP contribution >= 0.6 is 0 Å². The molecule has 0 aliphatic carbocycles. The minimum atomic E-state index is -0.501. The van der Waals surface area contributed by atoms with Crippen LogP contribution in [-0.2, 0) is 17.8 Å². The number of nitrogens with one attached hydrogen (secondary N) is 2. The van der Waals surface area contributed by atoms with Gasteiger partial charge in [-0.3, -0.25) is 4.79 Å². The maximum absolute atomic E-state index is 13.4. The number of nitrogens with zero attached hydrogens (tertiary/aromatic N) is 1. The number of fused-ring (bicyclic) bond motifs is 1. The van der Waals surface area contributed by atoms with E-state index < -0.39 is 6.04 Å². The highest BCUT2D eigenvalue weighted by Gasteiger charge is 2.40. The molecule has 1 aliphatic heterocycles. The molecule has 5 heteroatoms. The Labute approximate surface area is 212 Å². The lowest BCUT2D eigenvalue weighted by Gasteiger charge is -2.24. The Balaban J connectivity index is 1.28. The standard InChI is InChI=1S/C31H31N3O2/c35-30(32-19-18-23-10-3-1-4-11-23)29-20-27(24-12-5-2-6-13-24)22-34(29)31(36)33-21-26-16-9-15-25-14-7-8-17-28(25)26/h1-17,27,29H,18-22H2,(H,32,35)(H,33,36)/t27-,29-/m0/s1. The number of rotatable bonds is 7. The summed E-state index contributed by atoms with van der Waals surface area (Å²) in [5.74, 6) is 0.0315. The molecule has 5 rings (SSSR count). The minimum Gasteiger partial charge on any atom is -0.354 e. The molecule has 0 saturated carbocycles. The van der Waals surface area contributed by atoms with Crippen LogP contribution in [0.5, 0.6) is 0 Å². The fourth-order valence-electron chi connectivity index (χ4n) is 5.09. The van der Waals surface area contributed by atoms with Crippen LogP contribution in [0.25, 0.3) is 10.8 Å². The van der Waals surface area contributed by atoms with Crippen LogP contribution in [0.2, 0.25) is 0 Å². The number of hydrogen-bond acceptors (Lipinski definition) is 2. The number of carbonyl (C=O) groups is 2. The Bertz CT molecular complexity index is 1320. The largest absolute Gasteiger partial charge is 0.354 e. The van der Waals surface area contributed by atoms with E-state index in [1.165, 1.54) is 5.56 Å². The second kappa shape index (κ2) is 11.1. The fourth-order valence-corrected chi connectivity index (χ4v) is 5.09. The van der Waals surface area contributed by atoms with Crippen molar-refractivity contribution < 1.29 is 9.59 Å². The highest BCUT2D eigenvalue weighted by atomic mass is 16.2. The van der Waals surface area contributed by atoms with Crippen LogP contribution in [0.1, 0.15) is 29.0 Å². The van der Waals surface area contributed by atoms with E-state index in [1.54, 1.807) is 4.90 Å². The highest BCUT2D eigenvalue weighted by Crippen LogP contribution is 2.32. The van der Waals surface area contributed by atoms with Crippen molar-refractivity contribution in [2.75, 3.05) is 13.1 Å². The van der Waals surface area contributed by atoms with E-state index in [2.05, 4.69) is 53.1 Å². The quantitative estimate of drug-likeness (QED) is 0.381. The molecule has 0 radical (unpaired) electrons. The lowest BCUT2D eigenvalue weighted by molar-refractivity contribution is -0.124. The van der Waals surface area contributed by atoms with E-state index >= 15 is 0 Å². The monoisotopic (exact) mass is 477 g/mol. The molecule has 2 N–H and O–H groups in total. The first-order valence-electron chi connectivity index (χ1n) is 12.6. The molecule has 0 spiro atoms. The third kappa shape index (κ3) is 5.41. The third-order valence-electron chi connectivity index (χ3n) is 7.00. The Morgan fingerprint density at radius 3 is 2.28 bits per heavy atom. The van der Waals surface area contributed by atoms with E-state index in [0.29, 0.717) is 26.1 Å². The Hall–Kier alpha value is -4.12. The number of carbonyl (C=O) groups excluding carboxylic acids is 2. The van der Waals surface area contributed by atoms with Crippen LogP contribution in [0.4, 0.5) is 4.79 Å². The summed E-state index contributed by atoms with van der Waals surface area (Å²) in [4.78, 5) is 28.3. The third-order valence-corrected chi connectivity index (χ3v) is 7.00. The summed E-state index contributed by atoms with van der Waals surface area (Å²) in [6.45, 7) is 1.47. The van der Waals surface area contributed by atoms with E-state index in [1.807, 2.05) is 60.7 Å². The molecule has 1 saturated heterocycles. The molecule has 36 heavy (non-hydrogen) atoms. The number of urea groups is 1. The Morgan fingerprint density at radius 1 is 0.778 bits per heavy atom. The van der Waals surface area contributed by atoms with Gasteiger partial charge in [0.1, 0.15) is 6.04 Å². The summed E-state index contributed by atoms with van der Waals surface area (Å²) in [7, 11) is 0. The first kappa shape index (κ1) is 23.6. The predicted octanol–water partition coefficient (Wildman–Crippen LogP) is 5.27. The van der Waals surface area contributed by atoms with Gasteiger partial charge in [0.15, 0.2) is 0 Å². The number of likely N-dealkylation sites (tertiary alicyclic amines) is 1. The van der Waals surface area contributed by atoms with E-state index in [4.69, 9.17) is 0 Å². The highest BCUT2D eigenvalue weighted by molar-refractivity contribution is 5.89. The summed E-state index contributed by atoms with van der Waals surface area (Å²) in [5.41, 5.74) is 3.39. The lowest BCUT2D eigenvalue weighted by atomic mass is 9.96. The summed E-state index contributed by atoms with van der Waals surface area (Å²) >= 11 is 0. The van der Waals surface area contributed by atoms with Gasteiger partial charge in [0.25, 0.3) is 0 Å². The zero-order valence-electron chi connectivity index (χ0n) is 20.3. The fraction of sp³-hybridized carbons (Fsp3) is 0.226. The van der Waals surface area contributed by atoms with Crippen molar-refractivity contribution in [3.05, 3.63) is 120 Å². The summed E-state index contributed by atoms with van der Waals surface area (Å²) < 4.78 is 0. The van der Waals surface area contributed by atoms with Crippen LogP contribution in [0.15, 0.2) is 103 Å². The molecule has 0 aromatic heterocycles. The van der Waals surface area contributed by atoms with Crippen molar-refractivity contribution in [2.45, 2.75) is 31.3 Å². The van der Waals surface area contributed by atoms with Gasteiger partial charge >= 0.3 is 6.03 Å². The average Bonchev–Trinajstić information content (AvgIpc) is 3.39. The molecule has 1 aliphatic rings. The van der Waals surface area contributed by atoms with Crippen molar-refractivity contribution in [1.82, 2.24) is 15.5 Å². The summed E-state index contributed by atoms with van der Waals surface area (Å²) in [6, 6.07) is 33.8. The van der Waals surface area contributed by atoms with Gasteiger partial charge < -0.3 is 15.5 Å². The topological polar surface area (TPSA) is 61.4 Å². The van der Waals surface area contributed by atoms with Crippen molar-refractivity contribution in [3.8, 4) is 0 Å². The van der Waals surface area contributed by atoms with Crippen LogP contribution in [0.3, 0.4) is 0 Å². The van der Waals surface area contributed by atoms with E-state index in [0.717, 1.165) is 28.3 Å². The molecule has 3 amide bonds. The van der Waals surface area contributed by atoms with Crippen molar-refractivity contribution in [2.24, 2.45) is 0 Å². The number of hydrogen-bond donors (Lipinski definition) is 2. The molecule has 1 fully saturated rings. The van der Waals surface area contributed by atoms with Crippen molar-refractivity contribution in [1.29, 1.82) is 0 Å². The molecular weight excluding hydrogens is 446 g/mol. The van der Waals surface area contributed by atoms with Crippen LogP contribution in [-0.4, -0.2) is 36.0 Å². The second-order valence-corrected chi connectivity index (χ2v) is 9.34. The van der Waals surface area contributed by atoms with Crippen LogP contribution < -0.4 is 10.6 Å². The molecule has 4 aromatic carbocycles. The van der Waals surface area contributed by atoms with Gasteiger partial charge in [-0.15, -0.1) is 0 Å². The zero-order valence-corrected chi connectivity index (χ0v) is 20.3. The molecule has 5 nitrogen and oxygen atoms in total. The average molecular weight is 478 g/mol. The molecule has 0 unspecified atom stereocenters. The van der Waals surface area contributed by atoms with E-state index in [-0.39, 0.29) is 17.9 Å². The summed E-state index contributed by atoms with van der Waals surface area (Å²) in [6.07, 6.45) is 1.37. The SMILES string of the molecule is O=C(NCCc1ccccc1)[C@@H]1C[C@H](c2ccccc2)CN1C(=O)NCc1cccc2ccccc12. The maximum atomic E-state index is 13.4. The van der Waals surface area contributed by atoms with Crippen molar-refractivity contribution >= 4 is 22.7 Å². The normalized spacial score (nSPS) is 17.2. The second-order valence-electron chi connectivity index (χ2n) is 9.34. The zero-order chi connectivity index (χ0) is 24.7. The number of amides is 3. The minimum absolute atomic E-state index is 0.0929. The summed E-state index contributed by atoms with van der Waals surface area (Å²) in [5, 5.41) is 8.41. The van der Waals surface area contributed by atoms with E-state index in [9.17, 15) is 9.59 Å². The van der Waals surface area contributed by atoms with Gasteiger partial charge in [0, 0.05) is 25.6 Å². The van der Waals surface area contributed by atoms with Gasteiger partial charge in [-0.05, 0) is 40.3 Å². The van der Waals surface area contributed by atoms with Gasteiger partial charge in [-0.25, -0.2) is 4.79 Å².